The molecular formula is C26H23N3O5. The molecule has 34 heavy (non-hydrogen) atoms. The first-order valence-corrected chi connectivity index (χ1v) is 10.7. The minimum absolute atomic E-state index is 0.183. The van der Waals surface area contributed by atoms with Crippen LogP contribution in [0.1, 0.15) is 49.4 Å². The van der Waals surface area contributed by atoms with Crippen molar-refractivity contribution in [1.82, 2.24) is 14.7 Å². The summed E-state index contributed by atoms with van der Waals surface area (Å²) in [6.07, 6.45) is 3.26. The number of ether oxygens (including phenoxy) is 2. The molecule has 0 saturated heterocycles. The van der Waals surface area contributed by atoms with Gasteiger partial charge in [0.2, 0.25) is 5.78 Å². The summed E-state index contributed by atoms with van der Waals surface area (Å²) < 4.78 is 11.9. The molecule has 0 atom stereocenters. The van der Waals surface area contributed by atoms with Gasteiger partial charge in [0, 0.05) is 23.5 Å². The molecule has 8 nitrogen and oxygen atoms in total. The quantitative estimate of drug-likeness (QED) is 0.320. The summed E-state index contributed by atoms with van der Waals surface area (Å²) >= 11 is 0. The third kappa shape index (κ3) is 4.66. The monoisotopic (exact) mass is 457 g/mol. The number of nitrogens with zero attached hydrogens (tertiary/aromatic N) is 2. The Bertz CT molecular complexity index is 1340. The Balaban J connectivity index is 1.69. The fourth-order valence-corrected chi connectivity index (χ4v) is 3.55. The average molecular weight is 457 g/mol. The van der Waals surface area contributed by atoms with Gasteiger partial charge >= 0.3 is 5.97 Å². The molecule has 0 aliphatic heterocycles. The van der Waals surface area contributed by atoms with Crippen molar-refractivity contribution in [2.24, 2.45) is 0 Å². The maximum Gasteiger partial charge on any atom is 0.340 e. The molecule has 3 heterocycles. The van der Waals surface area contributed by atoms with Crippen LogP contribution in [0.15, 0.2) is 73.1 Å². The predicted octanol–water partition coefficient (Wildman–Crippen LogP) is 3.68. The average Bonchev–Trinajstić information content (AvgIpc) is 3.26. The number of carbonyl (C=O) groups excluding carboxylic acids is 3. The van der Waals surface area contributed by atoms with Gasteiger partial charge in [0.15, 0.2) is 0 Å². The molecular weight excluding hydrogens is 434 g/mol. The van der Waals surface area contributed by atoms with Gasteiger partial charge in [-0.15, -0.1) is 0 Å². The highest BCUT2D eigenvalue weighted by atomic mass is 16.5. The van der Waals surface area contributed by atoms with Gasteiger partial charge in [0.1, 0.15) is 5.75 Å². The van der Waals surface area contributed by atoms with Crippen LogP contribution in [0.3, 0.4) is 0 Å². The number of esters is 1. The number of methoxy groups -OCH3 is 1. The van der Waals surface area contributed by atoms with E-state index in [-0.39, 0.29) is 36.1 Å². The molecule has 0 radical (unpaired) electrons. The highest BCUT2D eigenvalue weighted by Gasteiger charge is 2.22. The van der Waals surface area contributed by atoms with Crippen LogP contribution in [0.5, 0.6) is 5.75 Å². The molecule has 0 unspecified atom stereocenters. The first-order chi connectivity index (χ1) is 16.5. The largest absolute Gasteiger partial charge is 0.497 e. The lowest BCUT2D eigenvalue weighted by atomic mass is 10.1. The third-order valence-corrected chi connectivity index (χ3v) is 5.27. The van der Waals surface area contributed by atoms with E-state index in [9.17, 15) is 14.4 Å². The van der Waals surface area contributed by atoms with E-state index in [1.165, 1.54) is 6.07 Å². The number of amides is 1. The van der Waals surface area contributed by atoms with Gasteiger partial charge < -0.3 is 19.2 Å². The van der Waals surface area contributed by atoms with Crippen LogP contribution < -0.4 is 10.1 Å². The Kier molecular flexibility index (Phi) is 6.68. The van der Waals surface area contributed by atoms with E-state index in [4.69, 9.17) is 9.47 Å². The summed E-state index contributed by atoms with van der Waals surface area (Å²) in [5.74, 6) is -0.544. The van der Waals surface area contributed by atoms with Crippen molar-refractivity contribution < 1.29 is 23.9 Å². The van der Waals surface area contributed by atoms with Crippen molar-refractivity contribution in [2.75, 3.05) is 13.7 Å². The molecule has 1 N–H and O–H groups in total. The molecule has 0 bridgehead atoms. The van der Waals surface area contributed by atoms with Crippen molar-refractivity contribution in [1.29, 1.82) is 0 Å². The molecule has 1 amide bonds. The number of ketones is 1. The van der Waals surface area contributed by atoms with Crippen LogP contribution in [0.25, 0.3) is 5.52 Å². The Morgan fingerprint density at radius 3 is 2.47 bits per heavy atom. The summed E-state index contributed by atoms with van der Waals surface area (Å²) in [7, 11) is 1.55. The minimum Gasteiger partial charge on any atom is -0.497 e. The van der Waals surface area contributed by atoms with Crippen LogP contribution in [0.4, 0.5) is 0 Å². The molecule has 0 saturated carbocycles. The molecule has 3 aromatic heterocycles. The van der Waals surface area contributed by atoms with Crippen molar-refractivity contribution in [3.63, 3.8) is 0 Å². The van der Waals surface area contributed by atoms with Crippen molar-refractivity contribution in [3.05, 3.63) is 101 Å². The fourth-order valence-electron chi connectivity index (χ4n) is 3.55. The zero-order chi connectivity index (χ0) is 24.1. The Morgan fingerprint density at radius 2 is 1.79 bits per heavy atom. The molecule has 1 aromatic carbocycles. The van der Waals surface area contributed by atoms with Crippen molar-refractivity contribution >= 4 is 23.2 Å². The Hall–Kier alpha value is -4.46. The van der Waals surface area contributed by atoms with Crippen molar-refractivity contribution in [3.8, 4) is 5.75 Å². The van der Waals surface area contributed by atoms with E-state index in [0.717, 1.165) is 5.69 Å². The number of hydrogen-bond donors (Lipinski definition) is 1. The van der Waals surface area contributed by atoms with E-state index < -0.39 is 5.97 Å². The van der Waals surface area contributed by atoms with Gasteiger partial charge in [-0.2, -0.15) is 0 Å². The van der Waals surface area contributed by atoms with Crippen LogP contribution in [0.2, 0.25) is 0 Å². The van der Waals surface area contributed by atoms with Gasteiger partial charge in [0.05, 0.1) is 42.7 Å². The second-order valence-corrected chi connectivity index (χ2v) is 7.40. The zero-order valence-corrected chi connectivity index (χ0v) is 18.8. The van der Waals surface area contributed by atoms with Crippen LogP contribution in [0, 0.1) is 0 Å². The van der Waals surface area contributed by atoms with Gasteiger partial charge in [-0.1, -0.05) is 6.07 Å². The lowest BCUT2D eigenvalue weighted by molar-refractivity contribution is 0.0528. The topological polar surface area (TPSA) is 99.0 Å². The molecule has 0 spiro atoms. The third-order valence-electron chi connectivity index (χ3n) is 5.27. The second kappa shape index (κ2) is 9.99. The first kappa shape index (κ1) is 22.7. The number of aromatic nitrogens is 2. The summed E-state index contributed by atoms with van der Waals surface area (Å²) in [5.41, 5.74) is 2.39. The molecule has 0 aliphatic rings. The van der Waals surface area contributed by atoms with Crippen LogP contribution >= 0.6 is 0 Å². The van der Waals surface area contributed by atoms with Gasteiger partial charge in [-0.05, 0) is 61.5 Å². The summed E-state index contributed by atoms with van der Waals surface area (Å²) in [6, 6.07) is 16.8. The Labute approximate surface area is 196 Å². The summed E-state index contributed by atoms with van der Waals surface area (Å²) in [6.45, 7) is 2.15. The standard InChI is InChI=1S/C26H23N3O5/c1-3-34-26(32)21-15-23(24(30)17-7-9-20(33-2)10-8-17)29-13-11-18(14-22(21)29)25(31)28-16-19-6-4-5-12-27-19/h4-15H,3,16H2,1-2H3,(H,28,31). The molecule has 8 heteroatoms. The highest BCUT2D eigenvalue weighted by Crippen LogP contribution is 2.23. The van der Waals surface area contributed by atoms with E-state index in [2.05, 4.69) is 10.3 Å². The number of rotatable bonds is 8. The van der Waals surface area contributed by atoms with Gasteiger partial charge in [-0.25, -0.2) is 4.79 Å². The zero-order valence-electron chi connectivity index (χ0n) is 18.8. The molecule has 172 valence electrons. The molecule has 0 fully saturated rings. The number of hydrogen-bond acceptors (Lipinski definition) is 6. The number of carbonyl (C=O) groups is 3. The first-order valence-electron chi connectivity index (χ1n) is 10.7. The van der Waals surface area contributed by atoms with E-state index in [1.807, 2.05) is 12.1 Å². The lowest BCUT2D eigenvalue weighted by Gasteiger charge is -2.08. The number of benzene rings is 1. The second-order valence-electron chi connectivity index (χ2n) is 7.40. The maximum atomic E-state index is 13.2. The highest BCUT2D eigenvalue weighted by molar-refractivity contribution is 6.11. The SMILES string of the molecule is CCOC(=O)c1cc(C(=O)c2ccc(OC)cc2)n2ccc(C(=O)NCc3ccccn3)cc12. The van der Waals surface area contributed by atoms with E-state index in [1.54, 1.807) is 73.3 Å². The normalized spacial score (nSPS) is 10.6. The minimum atomic E-state index is -0.570. The molecule has 4 rings (SSSR count). The van der Waals surface area contributed by atoms with E-state index >= 15 is 0 Å². The lowest BCUT2D eigenvalue weighted by Crippen LogP contribution is -2.23. The molecule has 4 aromatic rings. The Morgan fingerprint density at radius 1 is 1.00 bits per heavy atom. The summed E-state index contributed by atoms with van der Waals surface area (Å²) in [5, 5.41) is 2.81. The number of pyridine rings is 2. The number of fused-ring (bicyclic) bond motifs is 1. The summed E-state index contributed by atoms with van der Waals surface area (Å²) in [4.78, 5) is 42.8. The van der Waals surface area contributed by atoms with Crippen molar-refractivity contribution in [2.45, 2.75) is 13.5 Å². The van der Waals surface area contributed by atoms with E-state index in [0.29, 0.717) is 22.4 Å². The fraction of sp³-hybridized carbons (Fsp3) is 0.154. The van der Waals surface area contributed by atoms with Gasteiger partial charge in [0.25, 0.3) is 5.91 Å². The van der Waals surface area contributed by atoms with Gasteiger partial charge in [-0.3, -0.25) is 14.6 Å². The van der Waals surface area contributed by atoms with Crippen LogP contribution in [-0.4, -0.2) is 40.8 Å². The maximum absolute atomic E-state index is 13.2. The number of nitrogens with one attached hydrogen (secondary N) is 1. The van der Waals surface area contributed by atoms with Crippen LogP contribution in [-0.2, 0) is 11.3 Å². The smallest absolute Gasteiger partial charge is 0.340 e. The predicted molar refractivity (Wildman–Crippen MR) is 125 cm³/mol. The molecule has 0 aliphatic carbocycles.